The van der Waals surface area contributed by atoms with Crippen molar-refractivity contribution < 1.29 is 14.0 Å². The minimum absolute atomic E-state index is 0.000936. The summed E-state index contributed by atoms with van der Waals surface area (Å²) >= 11 is 5.28. The molecule has 0 atom stereocenters. The van der Waals surface area contributed by atoms with Gasteiger partial charge in [-0.3, -0.25) is 19.0 Å². The third kappa shape index (κ3) is 4.20. The Balaban J connectivity index is 1.31. The fourth-order valence-corrected chi connectivity index (χ4v) is 3.98. The zero-order chi connectivity index (χ0) is 21.1. The number of hydrogen-bond donors (Lipinski definition) is 2. The number of H-pyrrole nitrogens is 1. The number of nitrogens with one attached hydrogen (secondary N) is 2. The molecule has 0 aliphatic carbocycles. The molecule has 0 spiro atoms. The molecule has 2 amide bonds. The summed E-state index contributed by atoms with van der Waals surface area (Å²) in [7, 11) is 0. The van der Waals surface area contributed by atoms with Crippen molar-refractivity contribution in [1.29, 1.82) is 0 Å². The van der Waals surface area contributed by atoms with Gasteiger partial charge in [0.05, 0.1) is 17.2 Å². The number of aromatic amines is 1. The van der Waals surface area contributed by atoms with Crippen LogP contribution in [0.3, 0.4) is 0 Å². The number of nitrogens with zero attached hydrogens (tertiary/aromatic N) is 2. The third-order valence-corrected chi connectivity index (χ3v) is 5.65. The molecule has 3 aromatic rings. The van der Waals surface area contributed by atoms with Crippen molar-refractivity contribution in [3.63, 3.8) is 0 Å². The van der Waals surface area contributed by atoms with Gasteiger partial charge in [0.2, 0.25) is 5.91 Å². The van der Waals surface area contributed by atoms with Crippen molar-refractivity contribution in [1.82, 2.24) is 19.8 Å². The van der Waals surface area contributed by atoms with E-state index in [0.29, 0.717) is 47.4 Å². The van der Waals surface area contributed by atoms with Crippen LogP contribution in [0.2, 0.25) is 0 Å². The molecule has 1 aliphatic rings. The molecule has 3 heterocycles. The highest BCUT2D eigenvalue weighted by Gasteiger charge is 2.25. The van der Waals surface area contributed by atoms with Gasteiger partial charge in [-0.1, -0.05) is 12.1 Å². The van der Waals surface area contributed by atoms with E-state index in [4.69, 9.17) is 16.6 Å². The molecule has 0 radical (unpaired) electrons. The lowest BCUT2D eigenvalue weighted by molar-refractivity contribution is -0.122. The topological polar surface area (TPSA) is 100 Å². The van der Waals surface area contributed by atoms with Gasteiger partial charge in [-0.25, -0.2) is 0 Å². The Morgan fingerprint density at radius 3 is 2.67 bits per heavy atom. The Morgan fingerprint density at radius 2 is 1.93 bits per heavy atom. The lowest BCUT2D eigenvalue weighted by atomic mass is 10.0. The number of furan rings is 1. The molecule has 4 rings (SSSR count). The van der Waals surface area contributed by atoms with Crippen molar-refractivity contribution >= 4 is 34.9 Å². The summed E-state index contributed by atoms with van der Waals surface area (Å²) in [6.45, 7) is 1.32. The lowest BCUT2D eigenvalue weighted by Crippen LogP contribution is -2.46. The molecule has 1 aromatic carbocycles. The predicted octanol–water partition coefficient (Wildman–Crippen LogP) is 2.46. The van der Waals surface area contributed by atoms with Crippen molar-refractivity contribution in [3.05, 3.63) is 63.5 Å². The van der Waals surface area contributed by atoms with Gasteiger partial charge in [-0.05, 0) is 49.3 Å². The summed E-state index contributed by atoms with van der Waals surface area (Å²) < 4.78 is 6.88. The Kier molecular flexibility index (Phi) is 5.80. The van der Waals surface area contributed by atoms with Crippen molar-refractivity contribution in [2.45, 2.75) is 31.8 Å². The fourth-order valence-electron chi connectivity index (χ4n) is 3.70. The molecule has 2 N–H and O–H groups in total. The van der Waals surface area contributed by atoms with Crippen LogP contribution in [0.1, 0.15) is 29.8 Å². The van der Waals surface area contributed by atoms with E-state index in [1.54, 1.807) is 35.2 Å². The largest absolute Gasteiger partial charge is 0.459 e. The Hall–Kier alpha value is -3.20. The smallest absolute Gasteiger partial charge is 0.289 e. The van der Waals surface area contributed by atoms with Gasteiger partial charge in [0, 0.05) is 32.1 Å². The number of carbonyl (C=O) groups excluding carboxylic acids is 2. The van der Waals surface area contributed by atoms with Gasteiger partial charge < -0.3 is 19.6 Å². The molecule has 156 valence electrons. The first kappa shape index (κ1) is 20.1. The van der Waals surface area contributed by atoms with Crippen LogP contribution in [0.5, 0.6) is 0 Å². The Bertz CT molecular complexity index is 1170. The normalized spacial score (nSPS) is 14.7. The van der Waals surface area contributed by atoms with Crippen LogP contribution in [-0.2, 0) is 11.3 Å². The van der Waals surface area contributed by atoms with E-state index in [-0.39, 0.29) is 36.4 Å². The standard InChI is InChI=1S/C21H22N4O4S/c26-18(9-12-25-19(27)15-4-1-2-5-16(15)23-21(25)30)22-14-7-10-24(11-8-14)20(28)17-6-3-13-29-17/h1-6,13-14H,7-12H2,(H,22,26)(H,23,30). The van der Waals surface area contributed by atoms with Crippen LogP contribution < -0.4 is 10.9 Å². The average molecular weight is 426 g/mol. The average Bonchev–Trinajstić information content (AvgIpc) is 3.28. The van der Waals surface area contributed by atoms with Gasteiger partial charge in [0.25, 0.3) is 11.5 Å². The van der Waals surface area contributed by atoms with Crippen molar-refractivity contribution in [2.75, 3.05) is 13.1 Å². The second-order valence-electron chi connectivity index (χ2n) is 7.29. The number of benzene rings is 1. The highest BCUT2D eigenvalue weighted by Crippen LogP contribution is 2.14. The van der Waals surface area contributed by atoms with Crippen LogP contribution in [0.25, 0.3) is 10.9 Å². The van der Waals surface area contributed by atoms with E-state index in [1.165, 1.54) is 10.8 Å². The summed E-state index contributed by atoms with van der Waals surface area (Å²) in [5.41, 5.74) is 0.482. The van der Waals surface area contributed by atoms with Crippen LogP contribution >= 0.6 is 12.2 Å². The Labute approximate surface area is 177 Å². The van der Waals surface area contributed by atoms with E-state index in [2.05, 4.69) is 10.3 Å². The number of para-hydroxylation sites is 1. The lowest BCUT2D eigenvalue weighted by Gasteiger charge is -2.31. The minimum atomic E-state index is -0.202. The molecule has 1 aliphatic heterocycles. The number of piperidine rings is 1. The highest BCUT2D eigenvalue weighted by atomic mass is 32.1. The fraction of sp³-hybridized carbons (Fsp3) is 0.333. The van der Waals surface area contributed by atoms with Gasteiger partial charge in [-0.2, -0.15) is 0 Å². The predicted molar refractivity (Wildman–Crippen MR) is 114 cm³/mol. The number of likely N-dealkylation sites (tertiary alicyclic amines) is 1. The van der Waals surface area contributed by atoms with E-state index < -0.39 is 0 Å². The summed E-state index contributed by atoms with van der Waals surface area (Å²) in [6, 6.07) is 10.5. The Morgan fingerprint density at radius 1 is 1.17 bits per heavy atom. The second-order valence-corrected chi connectivity index (χ2v) is 7.68. The number of amides is 2. The van der Waals surface area contributed by atoms with Crippen LogP contribution in [0, 0.1) is 4.77 Å². The van der Waals surface area contributed by atoms with Crippen LogP contribution in [0.15, 0.2) is 51.9 Å². The zero-order valence-corrected chi connectivity index (χ0v) is 17.1. The van der Waals surface area contributed by atoms with E-state index in [9.17, 15) is 14.4 Å². The maximum atomic E-state index is 12.6. The number of aromatic nitrogens is 2. The van der Waals surface area contributed by atoms with Crippen molar-refractivity contribution in [3.8, 4) is 0 Å². The maximum Gasteiger partial charge on any atom is 0.289 e. The summed E-state index contributed by atoms with van der Waals surface area (Å²) in [5, 5.41) is 3.54. The quantitative estimate of drug-likeness (QED) is 0.611. The molecule has 0 unspecified atom stereocenters. The maximum absolute atomic E-state index is 12.6. The molecular formula is C21H22N4O4S. The number of fused-ring (bicyclic) bond motifs is 1. The molecule has 0 bridgehead atoms. The molecule has 8 nitrogen and oxygen atoms in total. The number of hydrogen-bond acceptors (Lipinski definition) is 5. The first-order chi connectivity index (χ1) is 14.5. The monoisotopic (exact) mass is 426 g/mol. The molecule has 30 heavy (non-hydrogen) atoms. The van der Waals surface area contributed by atoms with E-state index in [0.717, 1.165) is 0 Å². The summed E-state index contributed by atoms with van der Waals surface area (Å²) in [4.78, 5) is 42.1. The van der Waals surface area contributed by atoms with Gasteiger partial charge >= 0.3 is 0 Å². The second kappa shape index (κ2) is 8.66. The number of carbonyl (C=O) groups is 2. The number of rotatable bonds is 5. The van der Waals surface area contributed by atoms with Gasteiger partial charge in [0.1, 0.15) is 0 Å². The minimum Gasteiger partial charge on any atom is -0.459 e. The van der Waals surface area contributed by atoms with E-state index >= 15 is 0 Å². The van der Waals surface area contributed by atoms with Gasteiger partial charge in [-0.15, -0.1) is 0 Å². The van der Waals surface area contributed by atoms with Gasteiger partial charge in [0.15, 0.2) is 10.5 Å². The highest BCUT2D eigenvalue weighted by molar-refractivity contribution is 7.71. The molecular weight excluding hydrogens is 404 g/mol. The van der Waals surface area contributed by atoms with Crippen LogP contribution in [0.4, 0.5) is 0 Å². The molecule has 9 heteroatoms. The first-order valence-corrected chi connectivity index (χ1v) is 10.3. The van der Waals surface area contributed by atoms with Crippen LogP contribution in [-0.4, -0.2) is 45.4 Å². The summed E-state index contributed by atoms with van der Waals surface area (Å²) in [6.07, 6.45) is 2.98. The van der Waals surface area contributed by atoms with Crippen molar-refractivity contribution in [2.24, 2.45) is 0 Å². The van der Waals surface area contributed by atoms with E-state index in [1.807, 2.05) is 6.07 Å². The molecule has 1 saturated heterocycles. The third-order valence-electron chi connectivity index (χ3n) is 5.33. The molecule has 1 fully saturated rings. The zero-order valence-electron chi connectivity index (χ0n) is 16.3. The SMILES string of the molecule is O=C(CCn1c(=S)[nH]c2ccccc2c1=O)NC1CCN(C(=O)c2ccco2)CC1. The molecule has 0 saturated carbocycles. The summed E-state index contributed by atoms with van der Waals surface area (Å²) in [5.74, 6) is 0.0600. The molecule has 2 aromatic heterocycles. The first-order valence-electron chi connectivity index (χ1n) is 9.87.